The van der Waals surface area contributed by atoms with Crippen LogP contribution in [0.1, 0.15) is 26.7 Å². The minimum atomic E-state index is 0.245. The van der Waals surface area contributed by atoms with Crippen molar-refractivity contribution in [3.63, 3.8) is 0 Å². The lowest BCUT2D eigenvalue weighted by Gasteiger charge is -2.33. The third kappa shape index (κ3) is 3.42. The van der Waals surface area contributed by atoms with Crippen LogP contribution in [0, 0.1) is 0 Å². The lowest BCUT2D eigenvalue weighted by atomic mass is 9.96. The van der Waals surface area contributed by atoms with E-state index in [1.807, 2.05) is 6.92 Å². The van der Waals surface area contributed by atoms with Gasteiger partial charge in [0.2, 0.25) is 0 Å². The second kappa shape index (κ2) is 5.20. The molecule has 3 heteroatoms. The summed E-state index contributed by atoms with van der Waals surface area (Å²) in [5.74, 6) is 0. The number of halogens is 1. The third-order valence-electron chi connectivity index (χ3n) is 2.02. The van der Waals surface area contributed by atoms with E-state index < -0.39 is 0 Å². The first-order valence-electron chi connectivity index (χ1n) is 4.59. The van der Waals surface area contributed by atoms with Crippen LogP contribution in [-0.4, -0.2) is 30.2 Å². The molecule has 72 valence electrons. The molecular formula is C9H17BrO2. The maximum absolute atomic E-state index is 5.70. The van der Waals surface area contributed by atoms with Gasteiger partial charge in [-0.3, -0.25) is 0 Å². The molecule has 1 unspecified atom stereocenters. The van der Waals surface area contributed by atoms with Crippen LogP contribution in [0.5, 0.6) is 0 Å². The van der Waals surface area contributed by atoms with Crippen LogP contribution in [0.4, 0.5) is 0 Å². The highest BCUT2D eigenvalue weighted by molar-refractivity contribution is 9.09. The Morgan fingerprint density at radius 3 is 2.67 bits per heavy atom. The molecule has 0 N–H and O–H groups in total. The zero-order valence-electron chi connectivity index (χ0n) is 7.75. The molecule has 2 nitrogen and oxygen atoms in total. The average molecular weight is 237 g/mol. The summed E-state index contributed by atoms with van der Waals surface area (Å²) in [5, 5.41) is 0. The van der Waals surface area contributed by atoms with E-state index in [0.29, 0.717) is 10.9 Å². The molecule has 0 heterocycles. The lowest BCUT2D eigenvalue weighted by molar-refractivity contribution is -0.0716. The highest BCUT2D eigenvalue weighted by Gasteiger charge is 2.28. The minimum Gasteiger partial charge on any atom is -0.379 e. The Hall–Kier alpha value is 0.400. The fourth-order valence-electron chi connectivity index (χ4n) is 1.26. The van der Waals surface area contributed by atoms with Crippen molar-refractivity contribution in [2.24, 2.45) is 0 Å². The highest BCUT2D eigenvalue weighted by atomic mass is 79.9. The Labute approximate surface area is 82.7 Å². The van der Waals surface area contributed by atoms with Gasteiger partial charge < -0.3 is 9.47 Å². The molecule has 12 heavy (non-hydrogen) atoms. The van der Waals surface area contributed by atoms with Gasteiger partial charge in [-0.05, 0) is 26.7 Å². The Morgan fingerprint density at radius 1 is 1.50 bits per heavy atom. The van der Waals surface area contributed by atoms with Gasteiger partial charge in [0.25, 0.3) is 0 Å². The summed E-state index contributed by atoms with van der Waals surface area (Å²) < 4.78 is 11.0. The molecule has 0 aromatic rings. The molecule has 1 rings (SSSR count). The van der Waals surface area contributed by atoms with Gasteiger partial charge in [0.15, 0.2) is 0 Å². The van der Waals surface area contributed by atoms with Gasteiger partial charge in [0.05, 0.1) is 18.8 Å². The molecule has 0 aromatic carbocycles. The molecule has 0 spiro atoms. The number of hydrogen-bond acceptors (Lipinski definition) is 2. The fourth-order valence-corrected chi connectivity index (χ4v) is 2.10. The van der Waals surface area contributed by atoms with Gasteiger partial charge >= 0.3 is 0 Å². The molecule has 1 aliphatic carbocycles. The number of rotatable bonds is 5. The van der Waals surface area contributed by atoms with E-state index in [1.54, 1.807) is 0 Å². The summed E-state index contributed by atoms with van der Waals surface area (Å²) >= 11 is 3.53. The molecule has 0 saturated heterocycles. The Bertz CT molecular complexity index is 124. The summed E-state index contributed by atoms with van der Waals surface area (Å²) in [7, 11) is 0. The normalized spacial score (nSPS) is 31.2. The van der Waals surface area contributed by atoms with Crippen molar-refractivity contribution in [3.05, 3.63) is 0 Å². The van der Waals surface area contributed by atoms with Crippen molar-refractivity contribution < 1.29 is 9.47 Å². The smallest absolute Gasteiger partial charge is 0.0784 e. The maximum Gasteiger partial charge on any atom is 0.0784 e. The quantitative estimate of drug-likeness (QED) is 0.683. The molecule has 1 saturated carbocycles. The van der Waals surface area contributed by atoms with E-state index in [2.05, 4.69) is 22.9 Å². The van der Waals surface area contributed by atoms with E-state index in [9.17, 15) is 0 Å². The summed E-state index contributed by atoms with van der Waals surface area (Å²) in [6.07, 6.45) is 3.01. The highest BCUT2D eigenvalue weighted by Crippen LogP contribution is 2.30. The van der Waals surface area contributed by atoms with Gasteiger partial charge in [0, 0.05) is 11.4 Å². The second-order valence-corrected chi connectivity index (χ2v) is 4.59. The van der Waals surface area contributed by atoms with E-state index in [4.69, 9.17) is 9.47 Å². The van der Waals surface area contributed by atoms with E-state index in [1.165, 1.54) is 0 Å². The number of hydrogen-bond donors (Lipinski definition) is 0. The van der Waals surface area contributed by atoms with Crippen molar-refractivity contribution in [1.29, 1.82) is 0 Å². The van der Waals surface area contributed by atoms with Gasteiger partial charge in [-0.2, -0.15) is 0 Å². The molecule has 1 atom stereocenters. The van der Waals surface area contributed by atoms with Crippen molar-refractivity contribution in [2.45, 2.75) is 43.7 Å². The van der Waals surface area contributed by atoms with E-state index in [-0.39, 0.29) is 6.10 Å². The number of ether oxygens (including phenoxy) is 2. The maximum atomic E-state index is 5.70. The first-order chi connectivity index (χ1) is 5.72. The SMILES string of the molecule is CCOCC(C)OC1CC(Br)C1. The van der Waals surface area contributed by atoms with Gasteiger partial charge in [-0.1, -0.05) is 15.9 Å². The van der Waals surface area contributed by atoms with Crippen molar-refractivity contribution >= 4 is 15.9 Å². The molecule has 0 aromatic heterocycles. The molecule has 0 radical (unpaired) electrons. The lowest BCUT2D eigenvalue weighted by Crippen LogP contribution is -2.35. The van der Waals surface area contributed by atoms with Crippen LogP contribution in [0.15, 0.2) is 0 Å². The predicted molar refractivity (Wildman–Crippen MR) is 52.8 cm³/mol. The van der Waals surface area contributed by atoms with Crippen LogP contribution < -0.4 is 0 Å². The summed E-state index contributed by atoms with van der Waals surface area (Å²) in [4.78, 5) is 0.682. The van der Waals surface area contributed by atoms with Crippen LogP contribution in [0.25, 0.3) is 0 Å². The Kier molecular flexibility index (Phi) is 4.54. The molecular weight excluding hydrogens is 220 g/mol. The standard InChI is InChI=1S/C9H17BrO2/c1-3-11-6-7(2)12-9-4-8(10)5-9/h7-9H,3-6H2,1-2H3. The minimum absolute atomic E-state index is 0.245. The molecule has 0 bridgehead atoms. The van der Waals surface area contributed by atoms with Crippen molar-refractivity contribution in [1.82, 2.24) is 0 Å². The largest absolute Gasteiger partial charge is 0.379 e. The third-order valence-corrected chi connectivity index (χ3v) is 2.77. The molecule has 0 amide bonds. The van der Waals surface area contributed by atoms with Crippen LogP contribution in [-0.2, 0) is 9.47 Å². The second-order valence-electron chi connectivity index (χ2n) is 3.30. The van der Waals surface area contributed by atoms with Gasteiger partial charge in [-0.15, -0.1) is 0 Å². The molecule has 1 fully saturated rings. The van der Waals surface area contributed by atoms with Gasteiger partial charge in [0.1, 0.15) is 0 Å². The first kappa shape index (κ1) is 10.5. The van der Waals surface area contributed by atoms with Crippen LogP contribution >= 0.6 is 15.9 Å². The summed E-state index contributed by atoms with van der Waals surface area (Å²) in [5.41, 5.74) is 0. The van der Waals surface area contributed by atoms with Crippen LogP contribution in [0.3, 0.4) is 0 Å². The monoisotopic (exact) mass is 236 g/mol. The van der Waals surface area contributed by atoms with Crippen molar-refractivity contribution in [3.8, 4) is 0 Å². The fraction of sp³-hybridized carbons (Fsp3) is 1.00. The number of alkyl halides is 1. The first-order valence-corrected chi connectivity index (χ1v) is 5.51. The van der Waals surface area contributed by atoms with Crippen LogP contribution in [0.2, 0.25) is 0 Å². The van der Waals surface area contributed by atoms with Crippen molar-refractivity contribution in [2.75, 3.05) is 13.2 Å². The predicted octanol–water partition coefficient (Wildman–Crippen LogP) is 2.35. The van der Waals surface area contributed by atoms with E-state index in [0.717, 1.165) is 26.1 Å². The zero-order chi connectivity index (χ0) is 8.97. The molecule has 0 aliphatic heterocycles. The molecule has 1 aliphatic rings. The Balaban J connectivity index is 1.98. The zero-order valence-corrected chi connectivity index (χ0v) is 9.34. The van der Waals surface area contributed by atoms with Gasteiger partial charge in [-0.25, -0.2) is 0 Å². The topological polar surface area (TPSA) is 18.5 Å². The van der Waals surface area contributed by atoms with E-state index >= 15 is 0 Å². The summed E-state index contributed by atoms with van der Waals surface area (Å²) in [6.45, 7) is 5.57. The average Bonchev–Trinajstić information content (AvgIpc) is 1.98. The summed E-state index contributed by atoms with van der Waals surface area (Å²) in [6, 6.07) is 0. The Morgan fingerprint density at radius 2 is 2.17 bits per heavy atom.